The highest BCUT2D eigenvalue weighted by Gasteiger charge is 2.29. The number of hydrogen-bond donors (Lipinski definition) is 7. The molecule has 0 aliphatic carbocycles. The van der Waals surface area contributed by atoms with E-state index in [9.17, 15) is 0 Å². The van der Waals surface area contributed by atoms with E-state index >= 15 is 0 Å². The molecule has 0 aliphatic rings. The predicted octanol–water partition coefficient (Wildman–Crippen LogP) is -3.98. The number of hydrogen-bond acceptors (Lipinski definition) is 7. The van der Waals surface area contributed by atoms with Crippen molar-refractivity contribution in [1.29, 1.82) is 0 Å². The van der Waals surface area contributed by atoms with Gasteiger partial charge in [-0.3, -0.25) is 0 Å². The van der Waals surface area contributed by atoms with Gasteiger partial charge in [0.05, 0.1) is 13.2 Å². The fraction of sp³-hybridized carbons (Fsp3) is 1.00. The first-order chi connectivity index (χ1) is 6.54. The lowest BCUT2D eigenvalue weighted by molar-refractivity contribution is -0.123. The topological polar surface area (TPSA) is 142 Å². The summed E-state index contributed by atoms with van der Waals surface area (Å²) in [6.07, 6.45) is -6.39. The molecule has 0 aliphatic heterocycles. The molecule has 0 spiro atoms. The predicted molar refractivity (Wildman–Crippen MR) is 46.3 cm³/mol. The summed E-state index contributed by atoms with van der Waals surface area (Å²) in [5.41, 5.74) is 0. The van der Waals surface area contributed by atoms with Crippen molar-refractivity contribution in [2.75, 3.05) is 20.3 Å². The van der Waals surface area contributed by atoms with Gasteiger partial charge in [0.2, 0.25) is 0 Å². The minimum Gasteiger partial charge on any atom is -0.400 e. The Morgan fingerprint density at radius 1 is 0.714 bits per heavy atom. The Bertz CT molecular complexity index is 107. The highest BCUT2D eigenvalue weighted by molar-refractivity contribution is 4.79. The minimum atomic E-state index is -1.67. The van der Waals surface area contributed by atoms with E-state index in [0.717, 1.165) is 7.11 Å². The van der Waals surface area contributed by atoms with Crippen LogP contribution in [0.1, 0.15) is 0 Å². The summed E-state index contributed by atoms with van der Waals surface area (Å²) >= 11 is 0. The van der Waals surface area contributed by atoms with E-state index in [1.54, 1.807) is 0 Å². The fourth-order valence-corrected chi connectivity index (χ4v) is 0.671. The third-order valence-corrected chi connectivity index (χ3v) is 1.51. The van der Waals surface area contributed by atoms with Crippen molar-refractivity contribution in [3.05, 3.63) is 0 Å². The molecule has 0 aromatic carbocycles. The largest absolute Gasteiger partial charge is 0.400 e. The van der Waals surface area contributed by atoms with Crippen molar-refractivity contribution in [1.82, 2.24) is 0 Å². The second-order valence-corrected chi connectivity index (χ2v) is 2.48. The molecule has 0 rings (SSSR count). The number of aliphatic hydroxyl groups is 7. The van der Waals surface area contributed by atoms with Gasteiger partial charge in [-0.15, -0.1) is 0 Å². The Hall–Kier alpha value is -0.280. The van der Waals surface area contributed by atoms with Crippen LogP contribution in [0.3, 0.4) is 0 Å². The van der Waals surface area contributed by atoms with E-state index in [0.29, 0.717) is 0 Å². The Morgan fingerprint density at radius 2 is 0.929 bits per heavy atom. The van der Waals surface area contributed by atoms with Crippen LogP contribution in [0.5, 0.6) is 0 Å². The maximum atomic E-state index is 8.96. The molecular weight excluding hydrogens is 196 g/mol. The molecule has 0 fully saturated rings. The molecule has 0 saturated heterocycles. The fourth-order valence-electron chi connectivity index (χ4n) is 0.671. The minimum absolute atomic E-state index is 0.726. The van der Waals surface area contributed by atoms with Crippen LogP contribution in [0.2, 0.25) is 0 Å². The van der Waals surface area contributed by atoms with Crippen LogP contribution in [0, 0.1) is 0 Å². The lowest BCUT2D eigenvalue weighted by Gasteiger charge is -2.24. The van der Waals surface area contributed by atoms with Gasteiger partial charge in [0.15, 0.2) is 0 Å². The first-order valence-corrected chi connectivity index (χ1v) is 3.93. The van der Waals surface area contributed by atoms with Crippen LogP contribution in [0.15, 0.2) is 0 Å². The van der Waals surface area contributed by atoms with Crippen molar-refractivity contribution in [2.45, 2.75) is 24.4 Å². The van der Waals surface area contributed by atoms with E-state index in [1.807, 2.05) is 0 Å². The molecule has 0 saturated carbocycles. The van der Waals surface area contributed by atoms with Crippen LogP contribution in [0.4, 0.5) is 0 Å². The van der Waals surface area contributed by atoms with Crippen molar-refractivity contribution in [3.8, 4) is 0 Å². The van der Waals surface area contributed by atoms with E-state index < -0.39 is 37.6 Å². The van der Waals surface area contributed by atoms with Crippen LogP contribution in [-0.4, -0.2) is 80.5 Å². The summed E-state index contributed by atoms with van der Waals surface area (Å²) in [6.45, 7) is -1.45. The third kappa shape index (κ3) is 5.45. The lowest BCUT2D eigenvalue weighted by atomic mass is 10.0. The zero-order chi connectivity index (χ0) is 11.7. The maximum absolute atomic E-state index is 8.96. The third-order valence-electron chi connectivity index (χ3n) is 1.51. The lowest BCUT2D eigenvalue weighted by Crippen LogP contribution is -2.46. The van der Waals surface area contributed by atoms with Crippen molar-refractivity contribution < 1.29 is 35.7 Å². The van der Waals surface area contributed by atoms with Gasteiger partial charge in [-0.1, -0.05) is 0 Å². The SMILES string of the molecule is CO.OC[C@@H](O)[C@@H](O)[C@H](O)[C@@H](O)CO. The van der Waals surface area contributed by atoms with Crippen LogP contribution in [-0.2, 0) is 0 Å². The molecule has 0 heterocycles. The molecule has 14 heavy (non-hydrogen) atoms. The molecule has 0 bridgehead atoms. The van der Waals surface area contributed by atoms with E-state index in [-0.39, 0.29) is 0 Å². The molecule has 7 N–H and O–H groups in total. The molecule has 7 nitrogen and oxygen atoms in total. The molecule has 7 heteroatoms. The average molecular weight is 214 g/mol. The standard InChI is InChI=1S/C6H14O6.CH4O/c7-1-3(9)5(11)6(12)4(10)2-8;1-2/h3-12H,1-2H2;2H,1H3/t3-,4+,5-,6-;/m1./s1. The highest BCUT2D eigenvalue weighted by atomic mass is 16.4. The van der Waals surface area contributed by atoms with Gasteiger partial charge in [0, 0.05) is 7.11 Å². The van der Waals surface area contributed by atoms with E-state index in [1.165, 1.54) is 0 Å². The Labute approximate surface area is 81.5 Å². The zero-order valence-electron chi connectivity index (χ0n) is 7.85. The second-order valence-electron chi connectivity index (χ2n) is 2.48. The number of aliphatic hydroxyl groups excluding tert-OH is 7. The molecule has 0 amide bonds. The normalized spacial score (nSPS) is 18.9. The van der Waals surface area contributed by atoms with Gasteiger partial charge in [0.1, 0.15) is 24.4 Å². The highest BCUT2D eigenvalue weighted by Crippen LogP contribution is 2.03. The molecule has 0 radical (unpaired) electrons. The van der Waals surface area contributed by atoms with Gasteiger partial charge in [-0.05, 0) is 0 Å². The van der Waals surface area contributed by atoms with Crippen LogP contribution < -0.4 is 0 Å². The smallest absolute Gasteiger partial charge is 0.111 e. The summed E-state index contributed by atoms with van der Waals surface area (Å²) in [7, 11) is 1.00. The summed E-state index contributed by atoms with van der Waals surface area (Å²) < 4.78 is 0. The van der Waals surface area contributed by atoms with Crippen molar-refractivity contribution in [3.63, 3.8) is 0 Å². The average Bonchev–Trinajstić information content (AvgIpc) is 2.27. The molecular formula is C7H18O7. The first-order valence-electron chi connectivity index (χ1n) is 3.93. The first kappa shape index (κ1) is 16.2. The molecule has 88 valence electrons. The quantitative estimate of drug-likeness (QED) is 0.247. The summed E-state index contributed by atoms with van der Waals surface area (Å²) in [5.74, 6) is 0. The Balaban J connectivity index is 0. The second kappa shape index (κ2) is 9.28. The van der Waals surface area contributed by atoms with Crippen molar-refractivity contribution >= 4 is 0 Å². The van der Waals surface area contributed by atoms with E-state index in [4.69, 9.17) is 35.7 Å². The molecule has 0 unspecified atom stereocenters. The number of rotatable bonds is 5. The zero-order valence-corrected chi connectivity index (χ0v) is 7.85. The van der Waals surface area contributed by atoms with Crippen LogP contribution >= 0.6 is 0 Å². The monoisotopic (exact) mass is 214 g/mol. The summed E-state index contributed by atoms with van der Waals surface area (Å²) in [6, 6.07) is 0. The molecule has 4 atom stereocenters. The Morgan fingerprint density at radius 3 is 1.07 bits per heavy atom. The Kier molecular flexibility index (Phi) is 10.7. The van der Waals surface area contributed by atoms with E-state index in [2.05, 4.69) is 0 Å². The van der Waals surface area contributed by atoms with Gasteiger partial charge in [-0.2, -0.15) is 0 Å². The molecule has 0 aromatic rings. The van der Waals surface area contributed by atoms with Crippen molar-refractivity contribution in [2.24, 2.45) is 0 Å². The summed E-state index contributed by atoms with van der Waals surface area (Å²) in [5, 5.41) is 59.2. The van der Waals surface area contributed by atoms with Gasteiger partial charge in [0.25, 0.3) is 0 Å². The van der Waals surface area contributed by atoms with Gasteiger partial charge < -0.3 is 35.7 Å². The summed E-state index contributed by atoms with van der Waals surface area (Å²) in [4.78, 5) is 0. The van der Waals surface area contributed by atoms with Crippen LogP contribution in [0.25, 0.3) is 0 Å². The van der Waals surface area contributed by atoms with Gasteiger partial charge >= 0.3 is 0 Å². The van der Waals surface area contributed by atoms with Gasteiger partial charge in [-0.25, -0.2) is 0 Å². The maximum Gasteiger partial charge on any atom is 0.111 e. The molecule has 0 aromatic heterocycles.